The van der Waals surface area contributed by atoms with Gasteiger partial charge in [-0.1, -0.05) is 25.1 Å². The molecule has 7 heteroatoms. The molecule has 0 radical (unpaired) electrons. The summed E-state index contributed by atoms with van der Waals surface area (Å²) in [7, 11) is 3.36. The summed E-state index contributed by atoms with van der Waals surface area (Å²) in [5.74, 6) is 0.448. The normalized spacial score (nSPS) is 11.5. The lowest BCUT2D eigenvalue weighted by Crippen LogP contribution is -2.31. The molecule has 1 N–H and O–H groups in total. The molecule has 0 saturated carbocycles. The van der Waals surface area contributed by atoms with Crippen LogP contribution < -0.4 is 10.1 Å². The largest absolute Gasteiger partial charge is 0.483 e. The van der Waals surface area contributed by atoms with E-state index in [4.69, 9.17) is 4.74 Å². The Morgan fingerprint density at radius 3 is 2.24 bits per heavy atom. The molecule has 29 heavy (non-hydrogen) atoms. The van der Waals surface area contributed by atoms with Crippen LogP contribution in [0.25, 0.3) is 0 Å². The zero-order valence-corrected chi connectivity index (χ0v) is 18.4. The number of hydrogen-bond donors (Lipinski definition) is 1. The van der Waals surface area contributed by atoms with E-state index in [2.05, 4.69) is 5.32 Å². The average Bonchev–Trinajstić information content (AvgIpc) is 2.71. The predicted molar refractivity (Wildman–Crippen MR) is 114 cm³/mol. The molecule has 0 fully saturated rings. The van der Waals surface area contributed by atoms with Gasteiger partial charge in [0.05, 0.1) is 6.04 Å². The van der Waals surface area contributed by atoms with E-state index in [9.17, 15) is 14.4 Å². The molecule has 1 aromatic rings. The van der Waals surface area contributed by atoms with E-state index in [-0.39, 0.29) is 30.4 Å². The Morgan fingerprint density at radius 1 is 1.00 bits per heavy atom. The number of para-hydroxylation sites is 1. The maximum atomic E-state index is 12.4. The van der Waals surface area contributed by atoms with Gasteiger partial charge in [0.15, 0.2) is 6.61 Å². The zero-order valence-electron chi connectivity index (χ0n) is 18.4. The van der Waals surface area contributed by atoms with Crippen LogP contribution in [0.4, 0.5) is 0 Å². The van der Waals surface area contributed by atoms with Crippen molar-refractivity contribution in [3.63, 3.8) is 0 Å². The van der Waals surface area contributed by atoms with Crippen molar-refractivity contribution < 1.29 is 19.1 Å². The number of likely N-dealkylation sites (N-methyl/N-ethyl adjacent to an activating group) is 1. The fourth-order valence-corrected chi connectivity index (χ4v) is 2.97. The second kappa shape index (κ2) is 12.8. The van der Waals surface area contributed by atoms with Crippen molar-refractivity contribution in [2.24, 2.45) is 0 Å². The Labute approximate surface area is 174 Å². The van der Waals surface area contributed by atoms with Crippen LogP contribution >= 0.6 is 0 Å². The molecule has 3 amide bonds. The van der Waals surface area contributed by atoms with Crippen LogP contribution in [0.5, 0.6) is 5.75 Å². The van der Waals surface area contributed by atoms with Crippen molar-refractivity contribution in [2.45, 2.75) is 52.5 Å². The van der Waals surface area contributed by atoms with Crippen LogP contribution in [-0.4, -0.2) is 61.3 Å². The SMILES string of the molecule is CCC(NC(=O)CCCC(=O)N(CC)CC)c1ccccc1OCC(=O)N(C)C. The summed E-state index contributed by atoms with van der Waals surface area (Å²) in [5, 5.41) is 3.03. The van der Waals surface area contributed by atoms with E-state index in [0.29, 0.717) is 44.5 Å². The maximum Gasteiger partial charge on any atom is 0.259 e. The second-order valence-corrected chi connectivity index (χ2v) is 7.06. The monoisotopic (exact) mass is 405 g/mol. The number of ether oxygens (including phenoxy) is 1. The highest BCUT2D eigenvalue weighted by Crippen LogP contribution is 2.27. The molecule has 0 heterocycles. The lowest BCUT2D eigenvalue weighted by atomic mass is 10.0. The third kappa shape index (κ3) is 8.13. The summed E-state index contributed by atoms with van der Waals surface area (Å²) in [6, 6.07) is 7.20. The second-order valence-electron chi connectivity index (χ2n) is 7.06. The van der Waals surface area contributed by atoms with Crippen LogP contribution in [0.2, 0.25) is 0 Å². The first-order valence-corrected chi connectivity index (χ1v) is 10.3. The smallest absolute Gasteiger partial charge is 0.259 e. The van der Waals surface area contributed by atoms with Gasteiger partial charge in [0, 0.05) is 45.6 Å². The molecule has 0 saturated heterocycles. The van der Waals surface area contributed by atoms with E-state index in [1.54, 1.807) is 25.1 Å². The number of nitrogens with zero attached hydrogens (tertiary/aromatic N) is 2. The number of amides is 3. The van der Waals surface area contributed by atoms with E-state index in [1.165, 1.54) is 4.90 Å². The molecule has 1 unspecified atom stereocenters. The highest BCUT2D eigenvalue weighted by molar-refractivity contribution is 5.79. The number of carbonyl (C=O) groups excluding carboxylic acids is 3. The maximum absolute atomic E-state index is 12.4. The summed E-state index contributed by atoms with van der Waals surface area (Å²) in [6.45, 7) is 7.20. The van der Waals surface area contributed by atoms with Crippen LogP contribution in [0.1, 0.15) is 58.1 Å². The van der Waals surface area contributed by atoms with Crippen molar-refractivity contribution in [3.8, 4) is 5.75 Å². The van der Waals surface area contributed by atoms with Gasteiger partial charge in [-0.15, -0.1) is 0 Å². The molecular weight excluding hydrogens is 370 g/mol. The molecule has 162 valence electrons. The minimum atomic E-state index is -0.216. The first-order valence-electron chi connectivity index (χ1n) is 10.3. The minimum absolute atomic E-state index is 0.0537. The van der Waals surface area contributed by atoms with Gasteiger partial charge in [0.2, 0.25) is 11.8 Å². The van der Waals surface area contributed by atoms with Gasteiger partial charge in [0.1, 0.15) is 5.75 Å². The van der Waals surface area contributed by atoms with Crippen LogP contribution in [-0.2, 0) is 14.4 Å². The topological polar surface area (TPSA) is 79.0 Å². The molecule has 1 rings (SSSR count). The van der Waals surface area contributed by atoms with Crippen molar-refractivity contribution >= 4 is 17.7 Å². The lowest BCUT2D eigenvalue weighted by molar-refractivity contribution is -0.131. The van der Waals surface area contributed by atoms with Crippen molar-refractivity contribution in [1.82, 2.24) is 15.1 Å². The Hall–Kier alpha value is -2.57. The highest BCUT2D eigenvalue weighted by atomic mass is 16.5. The van der Waals surface area contributed by atoms with Crippen LogP contribution in [0.3, 0.4) is 0 Å². The fraction of sp³-hybridized carbons (Fsp3) is 0.591. The van der Waals surface area contributed by atoms with Crippen LogP contribution in [0, 0.1) is 0 Å². The Kier molecular flexibility index (Phi) is 10.8. The van der Waals surface area contributed by atoms with E-state index in [1.807, 2.05) is 39.0 Å². The predicted octanol–water partition coefficient (Wildman–Crippen LogP) is 2.76. The van der Waals surface area contributed by atoms with Gasteiger partial charge in [-0.2, -0.15) is 0 Å². The van der Waals surface area contributed by atoms with Gasteiger partial charge in [-0.05, 0) is 32.8 Å². The molecule has 0 spiro atoms. The summed E-state index contributed by atoms with van der Waals surface area (Å²) in [4.78, 5) is 39.5. The molecule has 1 atom stereocenters. The highest BCUT2D eigenvalue weighted by Gasteiger charge is 2.18. The Morgan fingerprint density at radius 2 is 1.66 bits per heavy atom. The standard InChI is InChI=1S/C22H35N3O4/c1-6-18(23-20(26)14-11-15-21(27)25(7-2)8-3)17-12-9-10-13-19(17)29-16-22(28)24(4)5/h9-10,12-13,18H,6-8,11,14-16H2,1-5H3,(H,23,26). The number of hydrogen-bond acceptors (Lipinski definition) is 4. The van der Waals surface area contributed by atoms with E-state index in [0.717, 1.165) is 5.56 Å². The van der Waals surface area contributed by atoms with Gasteiger partial charge in [-0.3, -0.25) is 14.4 Å². The summed E-state index contributed by atoms with van der Waals surface area (Å²) in [6.07, 6.45) is 1.88. The van der Waals surface area contributed by atoms with E-state index >= 15 is 0 Å². The number of nitrogens with one attached hydrogen (secondary N) is 1. The van der Waals surface area contributed by atoms with Gasteiger partial charge < -0.3 is 19.9 Å². The molecule has 0 aromatic heterocycles. The lowest BCUT2D eigenvalue weighted by Gasteiger charge is -2.21. The quantitative estimate of drug-likeness (QED) is 0.580. The van der Waals surface area contributed by atoms with Gasteiger partial charge >= 0.3 is 0 Å². The Bertz CT molecular complexity index is 672. The third-order valence-electron chi connectivity index (χ3n) is 4.80. The van der Waals surface area contributed by atoms with E-state index < -0.39 is 0 Å². The molecule has 1 aromatic carbocycles. The molecule has 0 bridgehead atoms. The van der Waals surface area contributed by atoms with Crippen LogP contribution in [0.15, 0.2) is 24.3 Å². The first-order chi connectivity index (χ1) is 13.8. The molecular formula is C22H35N3O4. The van der Waals surface area contributed by atoms with Crippen molar-refractivity contribution in [1.29, 1.82) is 0 Å². The minimum Gasteiger partial charge on any atom is -0.483 e. The number of benzene rings is 1. The number of rotatable bonds is 12. The fourth-order valence-electron chi connectivity index (χ4n) is 2.97. The average molecular weight is 406 g/mol. The van der Waals surface area contributed by atoms with Crippen molar-refractivity contribution in [3.05, 3.63) is 29.8 Å². The molecule has 0 aliphatic carbocycles. The molecule has 0 aliphatic heterocycles. The number of carbonyl (C=O) groups is 3. The first kappa shape index (κ1) is 24.5. The Balaban J connectivity index is 2.65. The summed E-state index contributed by atoms with van der Waals surface area (Å²) < 4.78 is 5.70. The third-order valence-corrected chi connectivity index (χ3v) is 4.80. The van der Waals surface area contributed by atoms with Gasteiger partial charge in [0.25, 0.3) is 5.91 Å². The van der Waals surface area contributed by atoms with Crippen molar-refractivity contribution in [2.75, 3.05) is 33.8 Å². The summed E-state index contributed by atoms with van der Waals surface area (Å²) in [5.41, 5.74) is 0.842. The molecule has 0 aliphatic rings. The van der Waals surface area contributed by atoms with Gasteiger partial charge in [-0.25, -0.2) is 0 Å². The summed E-state index contributed by atoms with van der Waals surface area (Å²) >= 11 is 0. The molecule has 7 nitrogen and oxygen atoms in total. The zero-order chi connectivity index (χ0) is 21.8.